The molecule has 1 aliphatic heterocycles. The summed E-state index contributed by atoms with van der Waals surface area (Å²) in [6, 6.07) is 8.37. The Labute approximate surface area is 170 Å². The van der Waals surface area contributed by atoms with Gasteiger partial charge in [0.05, 0.1) is 12.2 Å². The Bertz CT molecular complexity index is 894. The monoisotopic (exact) mass is 394 g/mol. The molecule has 3 aromatic rings. The first-order valence-electron chi connectivity index (χ1n) is 10.1. The van der Waals surface area contributed by atoms with Gasteiger partial charge in [0.25, 0.3) is 0 Å². The first kappa shape index (κ1) is 17.9. The molecule has 4 heterocycles. The molecule has 5 nitrogen and oxygen atoms in total. The summed E-state index contributed by atoms with van der Waals surface area (Å²) in [6.07, 6.45) is 8.18. The van der Waals surface area contributed by atoms with Crippen LogP contribution in [0.2, 0.25) is 0 Å². The number of likely N-dealkylation sites (tertiary alicyclic amines) is 1. The van der Waals surface area contributed by atoms with Gasteiger partial charge in [-0.05, 0) is 65.6 Å². The minimum Gasteiger partial charge on any atom is -0.472 e. The predicted octanol–water partition coefficient (Wildman–Crippen LogP) is 4.18. The van der Waals surface area contributed by atoms with Crippen molar-refractivity contribution in [2.75, 3.05) is 13.1 Å². The highest BCUT2D eigenvalue weighted by Crippen LogP contribution is 2.42. The van der Waals surface area contributed by atoms with Crippen LogP contribution in [0.15, 0.2) is 53.6 Å². The zero-order chi connectivity index (χ0) is 18.9. The van der Waals surface area contributed by atoms with E-state index in [4.69, 9.17) is 4.74 Å². The first-order chi connectivity index (χ1) is 13.7. The molecule has 28 heavy (non-hydrogen) atoms. The number of pyridine rings is 1. The van der Waals surface area contributed by atoms with Gasteiger partial charge in [-0.25, -0.2) is 4.98 Å². The van der Waals surface area contributed by atoms with Crippen LogP contribution in [0.5, 0.6) is 5.88 Å². The molecule has 1 saturated carbocycles. The minimum atomic E-state index is 0.108. The number of rotatable bonds is 5. The third-order valence-corrected chi connectivity index (χ3v) is 6.86. The van der Waals surface area contributed by atoms with Crippen molar-refractivity contribution in [3.05, 3.63) is 64.7 Å². The second kappa shape index (κ2) is 7.68. The molecule has 0 amide bonds. The third-order valence-electron chi connectivity index (χ3n) is 6.13. The molecule has 0 aromatic carbocycles. The van der Waals surface area contributed by atoms with Crippen molar-refractivity contribution >= 4 is 11.3 Å². The van der Waals surface area contributed by atoms with E-state index in [0.717, 1.165) is 25.9 Å². The number of aryl methyl sites for hydroxylation is 1. The molecule has 2 fully saturated rings. The number of fused-ring (bicyclic) bond motifs is 1. The van der Waals surface area contributed by atoms with E-state index in [9.17, 15) is 0 Å². The van der Waals surface area contributed by atoms with E-state index < -0.39 is 0 Å². The number of hydrogen-bond acceptors (Lipinski definition) is 5. The van der Waals surface area contributed by atoms with E-state index in [1.165, 1.54) is 17.7 Å². The smallest absolute Gasteiger partial charge is 0.213 e. The molecular weight excluding hydrogens is 368 g/mol. The Kier molecular flexibility index (Phi) is 4.91. The molecule has 146 valence electrons. The zero-order valence-corrected chi connectivity index (χ0v) is 17.0. The summed E-state index contributed by atoms with van der Waals surface area (Å²) in [7, 11) is 0. The maximum Gasteiger partial charge on any atom is 0.213 e. The fourth-order valence-corrected chi connectivity index (χ4v) is 5.51. The van der Waals surface area contributed by atoms with Gasteiger partial charge in [0, 0.05) is 38.1 Å². The highest BCUT2D eigenvalue weighted by molar-refractivity contribution is 7.07. The molecule has 0 unspecified atom stereocenters. The number of thiophene rings is 1. The summed E-state index contributed by atoms with van der Waals surface area (Å²) < 4.78 is 8.52. The highest BCUT2D eigenvalue weighted by Gasteiger charge is 2.44. The second-order valence-electron chi connectivity index (χ2n) is 8.21. The van der Waals surface area contributed by atoms with Gasteiger partial charge < -0.3 is 4.74 Å². The largest absolute Gasteiger partial charge is 0.472 e. The van der Waals surface area contributed by atoms with Gasteiger partial charge in [0.1, 0.15) is 6.10 Å². The highest BCUT2D eigenvalue weighted by atomic mass is 32.1. The van der Waals surface area contributed by atoms with Crippen LogP contribution >= 0.6 is 11.3 Å². The van der Waals surface area contributed by atoms with Gasteiger partial charge >= 0.3 is 0 Å². The fraction of sp³-hybridized carbons (Fsp3) is 0.455. The summed E-state index contributed by atoms with van der Waals surface area (Å²) >= 11 is 1.78. The predicted molar refractivity (Wildman–Crippen MR) is 110 cm³/mol. The Morgan fingerprint density at radius 3 is 2.79 bits per heavy atom. The molecule has 1 aliphatic carbocycles. The second-order valence-corrected chi connectivity index (χ2v) is 8.99. The summed E-state index contributed by atoms with van der Waals surface area (Å²) in [5, 5.41) is 9.07. The van der Waals surface area contributed by atoms with Gasteiger partial charge in [0.2, 0.25) is 5.88 Å². The molecule has 0 radical (unpaired) electrons. The van der Waals surface area contributed by atoms with E-state index in [0.29, 0.717) is 17.7 Å². The van der Waals surface area contributed by atoms with Crippen molar-refractivity contribution in [3.8, 4) is 5.88 Å². The average molecular weight is 395 g/mol. The Hall–Kier alpha value is -2.18. The summed E-state index contributed by atoms with van der Waals surface area (Å²) in [6.45, 7) is 5.50. The summed E-state index contributed by atoms with van der Waals surface area (Å²) in [4.78, 5) is 7.01. The zero-order valence-electron chi connectivity index (χ0n) is 16.1. The maximum atomic E-state index is 6.39. The third kappa shape index (κ3) is 3.71. The lowest BCUT2D eigenvalue weighted by Crippen LogP contribution is -2.40. The van der Waals surface area contributed by atoms with Crippen LogP contribution in [0.4, 0.5) is 0 Å². The van der Waals surface area contributed by atoms with Crippen molar-refractivity contribution in [2.45, 2.75) is 38.5 Å². The Balaban J connectivity index is 1.35. The normalized spacial score (nSPS) is 27.6. The van der Waals surface area contributed by atoms with E-state index in [1.54, 1.807) is 17.5 Å². The van der Waals surface area contributed by atoms with Gasteiger partial charge in [-0.2, -0.15) is 16.4 Å². The molecule has 0 spiro atoms. The molecule has 0 bridgehead atoms. The number of nitrogens with zero attached hydrogens (tertiary/aromatic N) is 4. The average Bonchev–Trinajstić information content (AvgIpc) is 3.43. The Morgan fingerprint density at radius 1 is 1.18 bits per heavy atom. The van der Waals surface area contributed by atoms with E-state index in [-0.39, 0.29) is 12.1 Å². The molecular formula is C22H26N4OS. The van der Waals surface area contributed by atoms with Crippen LogP contribution in [0.25, 0.3) is 0 Å². The van der Waals surface area contributed by atoms with Crippen LogP contribution in [0.3, 0.4) is 0 Å². The molecule has 6 heteroatoms. The van der Waals surface area contributed by atoms with Crippen molar-refractivity contribution in [2.24, 2.45) is 11.8 Å². The van der Waals surface area contributed by atoms with Gasteiger partial charge in [-0.1, -0.05) is 6.07 Å². The fourth-order valence-electron chi connectivity index (χ4n) is 4.85. The first-order valence-corrected chi connectivity index (χ1v) is 11.0. The molecule has 2 aliphatic rings. The maximum absolute atomic E-state index is 6.39. The number of hydrogen-bond donors (Lipinski definition) is 0. The quantitative estimate of drug-likeness (QED) is 0.651. The molecule has 0 N–H and O–H groups in total. The van der Waals surface area contributed by atoms with Gasteiger partial charge in [-0.15, -0.1) is 0 Å². The van der Waals surface area contributed by atoms with Gasteiger partial charge in [0.15, 0.2) is 0 Å². The summed E-state index contributed by atoms with van der Waals surface area (Å²) in [5.74, 6) is 2.10. The molecule has 3 aromatic heterocycles. The lowest BCUT2D eigenvalue weighted by molar-refractivity contribution is 0.0459. The molecule has 5 rings (SSSR count). The standard InChI is InChI=1S/C22H26N4OS/c1-16-10-24-26(11-16)20-8-18-13-25(12-17-5-7-28-15-17)14-19(18)9-21(20)27-22-4-2-3-6-23-22/h2-7,10-11,15,18-21H,8-9,12-14H2,1H3/t18-,19+,20-,21-/m0/s1. The van der Waals surface area contributed by atoms with Crippen LogP contribution < -0.4 is 4.74 Å². The lowest BCUT2D eigenvalue weighted by atomic mass is 9.77. The van der Waals surface area contributed by atoms with Crippen LogP contribution in [0, 0.1) is 18.8 Å². The van der Waals surface area contributed by atoms with Crippen LogP contribution in [-0.4, -0.2) is 38.9 Å². The molecule has 4 atom stereocenters. The minimum absolute atomic E-state index is 0.108. The number of aromatic nitrogens is 3. The van der Waals surface area contributed by atoms with Crippen LogP contribution in [0.1, 0.15) is 30.0 Å². The topological polar surface area (TPSA) is 43.2 Å². The van der Waals surface area contributed by atoms with Gasteiger partial charge in [-0.3, -0.25) is 9.58 Å². The van der Waals surface area contributed by atoms with Crippen molar-refractivity contribution in [3.63, 3.8) is 0 Å². The van der Waals surface area contributed by atoms with E-state index >= 15 is 0 Å². The number of ether oxygens (including phenoxy) is 1. The lowest BCUT2D eigenvalue weighted by Gasteiger charge is -2.37. The molecule has 1 saturated heterocycles. The van der Waals surface area contributed by atoms with Crippen LogP contribution in [-0.2, 0) is 6.54 Å². The van der Waals surface area contributed by atoms with E-state index in [2.05, 4.69) is 49.6 Å². The SMILES string of the molecule is Cc1cnn([C@H]2C[C@H]3CN(Cc4ccsc4)C[C@H]3C[C@@H]2Oc2ccccn2)c1. The Morgan fingerprint density at radius 2 is 2.07 bits per heavy atom. The summed E-state index contributed by atoms with van der Waals surface area (Å²) in [5.41, 5.74) is 2.63. The van der Waals surface area contributed by atoms with Crippen molar-refractivity contribution in [1.82, 2.24) is 19.7 Å². The van der Waals surface area contributed by atoms with Crippen molar-refractivity contribution < 1.29 is 4.74 Å². The van der Waals surface area contributed by atoms with E-state index in [1.807, 2.05) is 24.4 Å². The van der Waals surface area contributed by atoms with Crippen molar-refractivity contribution in [1.29, 1.82) is 0 Å².